The molecule has 3 rings (SSSR count). The van der Waals surface area contributed by atoms with Gasteiger partial charge in [-0.25, -0.2) is 0 Å². The predicted molar refractivity (Wildman–Crippen MR) is 98.2 cm³/mol. The third-order valence-electron chi connectivity index (χ3n) is 3.49. The lowest BCUT2D eigenvalue weighted by molar-refractivity contribution is -0.114. The van der Waals surface area contributed by atoms with E-state index in [-0.39, 0.29) is 16.7 Å². The van der Waals surface area contributed by atoms with Crippen LogP contribution in [0.3, 0.4) is 0 Å². The highest BCUT2D eigenvalue weighted by Crippen LogP contribution is 2.34. The van der Waals surface area contributed by atoms with Gasteiger partial charge in [0.25, 0.3) is 5.91 Å². The van der Waals surface area contributed by atoms with Gasteiger partial charge >= 0.3 is 0 Å². The van der Waals surface area contributed by atoms with E-state index in [0.29, 0.717) is 32.6 Å². The Kier molecular flexibility index (Phi) is 4.54. The molecular formula is C17H11Cl3N2O2. The van der Waals surface area contributed by atoms with Crippen molar-refractivity contribution in [2.45, 2.75) is 6.92 Å². The SMILES string of the molecule is CC1=NN(c2ccc(Cl)cc2)C(=O)/C1=C/c1cc(Cl)cc(Cl)c1O. The molecule has 122 valence electrons. The number of carbonyl (C=O) groups excluding carboxylic acids is 1. The molecule has 0 saturated heterocycles. The van der Waals surface area contributed by atoms with E-state index in [9.17, 15) is 9.90 Å². The summed E-state index contributed by atoms with van der Waals surface area (Å²) in [5.41, 5.74) is 1.81. The highest BCUT2D eigenvalue weighted by atomic mass is 35.5. The standard InChI is InChI=1S/C17H11Cl3N2O2/c1-9-14(7-10-6-12(19)8-15(20)16(10)23)17(24)22(21-9)13-4-2-11(18)3-5-13/h2-8,23H,1H3/b14-7+. The summed E-state index contributed by atoms with van der Waals surface area (Å²) in [6, 6.07) is 9.72. The summed E-state index contributed by atoms with van der Waals surface area (Å²) < 4.78 is 0. The summed E-state index contributed by atoms with van der Waals surface area (Å²) in [6.45, 7) is 1.71. The van der Waals surface area contributed by atoms with Gasteiger partial charge in [0.2, 0.25) is 0 Å². The Hall–Kier alpha value is -2.01. The number of phenols is 1. The van der Waals surface area contributed by atoms with Crippen molar-refractivity contribution in [3.8, 4) is 5.75 Å². The Morgan fingerprint density at radius 3 is 2.42 bits per heavy atom. The van der Waals surface area contributed by atoms with Gasteiger partial charge in [-0.15, -0.1) is 0 Å². The van der Waals surface area contributed by atoms with Crippen LogP contribution in [-0.2, 0) is 4.79 Å². The number of rotatable bonds is 2. The number of benzene rings is 2. The normalized spacial score (nSPS) is 16.0. The first-order valence-corrected chi connectivity index (χ1v) is 8.05. The fourth-order valence-corrected chi connectivity index (χ4v) is 2.93. The summed E-state index contributed by atoms with van der Waals surface area (Å²) in [7, 11) is 0. The van der Waals surface area contributed by atoms with E-state index in [0.717, 1.165) is 0 Å². The van der Waals surface area contributed by atoms with E-state index in [1.807, 2.05) is 0 Å². The molecule has 4 nitrogen and oxygen atoms in total. The average Bonchev–Trinajstić information content (AvgIpc) is 2.81. The lowest BCUT2D eigenvalue weighted by atomic mass is 10.1. The topological polar surface area (TPSA) is 52.9 Å². The molecule has 0 aromatic heterocycles. The average molecular weight is 382 g/mol. The number of carbonyl (C=O) groups is 1. The minimum atomic E-state index is -0.315. The van der Waals surface area contributed by atoms with Crippen LogP contribution in [-0.4, -0.2) is 16.7 Å². The van der Waals surface area contributed by atoms with Gasteiger partial charge < -0.3 is 5.11 Å². The molecule has 7 heteroatoms. The number of aromatic hydroxyl groups is 1. The number of nitrogens with zero attached hydrogens (tertiary/aromatic N) is 2. The first-order chi connectivity index (χ1) is 11.4. The van der Waals surface area contributed by atoms with Crippen molar-refractivity contribution >= 4 is 58.2 Å². The number of amides is 1. The maximum atomic E-state index is 12.6. The van der Waals surface area contributed by atoms with Gasteiger partial charge in [0.05, 0.1) is 22.0 Å². The highest BCUT2D eigenvalue weighted by molar-refractivity contribution is 6.36. The molecule has 2 aromatic rings. The Morgan fingerprint density at radius 2 is 1.75 bits per heavy atom. The van der Waals surface area contributed by atoms with Gasteiger partial charge in [0.15, 0.2) is 0 Å². The van der Waals surface area contributed by atoms with Crippen molar-refractivity contribution in [2.24, 2.45) is 5.10 Å². The monoisotopic (exact) mass is 380 g/mol. The van der Waals surface area contributed by atoms with Gasteiger partial charge in [-0.05, 0) is 49.4 Å². The van der Waals surface area contributed by atoms with Crippen LogP contribution in [0, 0.1) is 0 Å². The number of hydrogen-bond acceptors (Lipinski definition) is 3. The largest absolute Gasteiger partial charge is 0.506 e. The van der Waals surface area contributed by atoms with Gasteiger partial charge in [-0.1, -0.05) is 34.8 Å². The van der Waals surface area contributed by atoms with Crippen molar-refractivity contribution in [1.29, 1.82) is 0 Å². The van der Waals surface area contributed by atoms with E-state index in [1.54, 1.807) is 31.2 Å². The van der Waals surface area contributed by atoms with Crippen LogP contribution in [0.2, 0.25) is 15.1 Å². The summed E-state index contributed by atoms with van der Waals surface area (Å²) in [5.74, 6) is -0.454. The van der Waals surface area contributed by atoms with E-state index in [1.165, 1.54) is 23.2 Å². The summed E-state index contributed by atoms with van der Waals surface area (Å²) in [4.78, 5) is 12.6. The fourth-order valence-electron chi connectivity index (χ4n) is 2.29. The lowest BCUT2D eigenvalue weighted by Gasteiger charge is -2.11. The molecule has 0 saturated carbocycles. The zero-order valence-electron chi connectivity index (χ0n) is 12.4. The van der Waals surface area contributed by atoms with E-state index < -0.39 is 0 Å². The molecule has 1 aliphatic heterocycles. The van der Waals surface area contributed by atoms with Crippen LogP contribution in [0.15, 0.2) is 47.1 Å². The van der Waals surface area contributed by atoms with Crippen LogP contribution >= 0.6 is 34.8 Å². The second-order valence-electron chi connectivity index (χ2n) is 5.16. The molecule has 0 fully saturated rings. The molecule has 0 atom stereocenters. The Balaban J connectivity index is 2.00. The molecule has 2 aromatic carbocycles. The van der Waals surface area contributed by atoms with Crippen molar-refractivity contribution < 1.29 is 9.90 Å². The second kappa shape index (κ2) is 6.48. The van der Waals surface area contributed by atoms with Gasteiger partial charge in [0, 0.05) is 15.6 Å². The maximum absolute atomic E-state index is 12.6. The quantitative estimate of drug-likeness (QED) is 0.731. The molecule has 0 bridgehead atoms. The van der Waals surface area contributed by atoms with E-state index in [2.05, 4.69) is 5.10 Å². The van der Waals surface area contributed by atoms with Crippen LogP contribution in [0.25, 0.3) is 6.08 Å². The van der Waals surface area contributed by atoms with Gasteiger partial charge in [0.1, 0.15) is 5.75 Å². The molecule has 1 N–H and O–H groups in total. The number of halogens is 3. The maximum Gasteiger partial charge on any atom is 0.280 e. The zero-order valence-corrected chi connectivity index (χ0v) is 14.7. The molecule has 0 radical (unpaired) electrons. The highest BCUT2D eigenvalue weighted by Gasteiger charge is 2.29. The van der Waals surface area contributed by atoms with Crippen LogP contribution < -0.4 is 5.01 Å². The summed E-state index contributed by atoms with van der Waals surface area (Å²) >= 11 is 17.7. The second-order valence-corrected chi connectivity index (χ2v) is 6.44. The van der Waals surface area contributed by atoms with Gasteiger partial charge in [-0.2, -0.15) is 10.1 Å². The minimum Gasteiger partial charge on any atom is -0.506 e. The van der Waals surface area contributed by atoms with Crippen molar-refractivity contribution in [3.05, 3.63) is 62.6 Å². The van der Waals surface area contributed by atoms with Crippen LogP contribution in [0.1, 0.15) is 12.5 Å². The smallest absolute Gasteiger partial charge is 0.280 e. The molecule has 1 heterocycles. The number of anilines is 1. The molecule has 1 aliphatic rings. The Labute approximate surface area is 153 Å². The number of hydrazone groups is 1. The third kappa shape index (κ3) is 3.13. The van der Waals surface area contributed by atoms with Crippen LogP contribution in [0.4, 0.5) is 5.69 Å². The fraction of sp³-hybridized carbons (Fsp3) is 0.0588. The van der Waals surface area contributed by atoms with E-state index >= 15 is 0 Å². The predicted octanol–water partition coefficient (Wildman–Crippen LogP) is 5.16. The number of hydrogen-bond donors (Lipinski definition) is 1. The number of phenolic OH excluding ortho intramolecular Hbond substituents is 1. The summed E-state index contributed by atoms with van der Waals surface area (Å²) in [5, 5.41) is 16.6. The van der Waals surface area contributed by atoms with Gasteiger partial charge in [-0.3, -0.25) is 4.79 Å². The Morgan fingerprint density at radius 1 is 1.08 bits per heavy atom. The lowest BCUT2D eigenvalue weighted by Crippen LogP contribution is -2.21. The minimum absolute atomic E-state index is 0.115. The van der Waals surface area contributed by atoms with Crippen molar-refractivity contribution in [1.82, 2.24) is 0 Å². The molecule has 0 spiro atoms. The Bertz CT molecular complexity index is 889. The van der Waals surface area contributed by atoms with Crippen LogP contribution in [0.5, 0.6) is 5.75 Å². The molecule has 24 heavy (non-hydrogen) atoms. The third-order valence-corrected chi connectivity index (χ3v) is 4.25. The molecular weight excluding hydrogens is 371 g/mol. The molecule has 0 unspecified atom stereocenters. The van der Waals surface area contributed by atoms with Crippen molar-refractivity contribution in [3.63, 3.8) is 0 Å². The first-order valence-electron chi connectivity index (χ1n) is 6.92. The summed E-state index contributed by atoms with van der Waals surface area (Å²) in [6.07, 6.45) is 1.52. The molecule has 1 amide bonds. The van der Waals surface area contributed by atoms with Crippen molar-refractivity contribution in [2.75, 3.05) is 5.01 Å². The molecule has 0 aliphatic carbocycles. The first kappa shape index (κ1) is 16.8. The zero-order chi connectivity index (χ0) is 17.4. The van der Waals surface area contributed by atoms with E-state index in [4.69, 9.17) is 34.8 Å².